The lowest BCUT2D eigenvalue weighted by molar-refractivity contribution is -0.118. The molecule has 0 saturated heterocycles. The summed E-state index contributed by atoms with van der Waals surface area (Å²) < 4.78 is 6.57. The van der Waals surface area contributed by atoms with Gasteiger partial charge in [0, 0.05) is 19.7 Å². The van der Waals surface area contributed by atoms with Crippen molar-refractivity contribution < 1.29 is 9.53 Å². The molecule has 1 amide bonds. The first kappa shape index (κ1) is 14.9. The molecule has 0 fully saturated rings. The number of aryl methyl sites for hydroxylation is 2. The molecule has 1 aliphatic rings. The molecule has 0 spiro atoms. The number of aromatic nitrogens is 2. The topological polar surface area (TPSA) is 82.2 Å². The molecular weight excluding hydrogens is 256 g/mol. The van der Waals surface area contributed by atoms with Gasteiger partial charge >= 0.3 is 0 Å². The van der Waals surface area contributed by atoms with E-state index in [9.17, 15) is 4.79 Å². The Morgan fingerprint density at radius 2 is 2.33 bits per heavy atom. The molecule has 1 heterocycles. The maximum Gasteiger partial charge on any atom is 0.244 e. The fourth-order valence-electron chi connectivity index (χ4n) is 2.14. The fourth-order valence-corrected chi connectivity index (χ4v) is 2.14. The maximum atomic E-state index is 11.8. The number of carbonyl (C=O) groups excluding carboxylic acids is 1. The van der Waals surface area contributed by atoms with E-state index in [-0.39, 0.29) is 24.9 Å². The summed E-state index contributed by atoms with van der Waals surface area (Å²) in [5, 5.41) is 7.21. The molecule has 3 N–H and O–H groups in total. The van der Waals surface area contributed by atoms with Crippen LogP contribution in [0.1, 0.15) is 17.7 Å². The minimum absolute atomic E-state index is 0. The van der Waals surface area contributed by atoms with Gasteiger partial charge in [-0.05, 0) is 19.3 Å². The van der Waals surface area contributed by atoms with Crippen molar-refractivity contribution >= 4 is 24.1 Å². The van der Waals surface area contributed by atoms with Crippen LogP contribution in [-0.2, 0) is 29.4 Å². The summed E-state index contributed by atoms with van der Waals surface area (Å²) >= 11 is 0. The van der Waals surface area contributed by atoms with Crippen LogP contribution in [0.4, 0.5) is 5.82 Å². The van der Waals surface area contributed by atoms with Crippen molar-refractivity contribution in [1.82, 2.24) is 9.78 Å². The molecule has 0 aromatic carbocycles. The molecule has 0 aliphatic heterocycles. The van der Waals surface area contributed by atoms with Gasteiger partial charge in [0.1, 0.15) is 11.9 Å². The number of nitrogens with one attached hydrogen (secondary N) is 1. The first-order valence-corrected chi connectivity index (χ1v) is 5.73. The molecule has 6 nitrogen and oxygen atoms in total. The highest BCUT2D eigenvalue weighted by molar-refractivity contribution is 5.94. The van der Waals surface area contributed by atoms with Crippen molar-refractivity contribution in [3.05, 3.63) is 11.3 Å². The Morgan fingerprint density at radius 1 is 1.61 bits per heavy atom. The minimum Gasteiger partial charge on any atom is -0.383 e. The zero-order chi connectivity index (χ0) is 12.4. The van der Waals surface area contributed by atoms with Gasteiger partial charge in [0.15, 0.2) is 0 Å². The number of fused-ring (bicyclic) bond motifs is 1. The molecule has 7 heteroatoms. The number of hydrogen-bond donors (Lipinski definition) is 2. The van der Waals surface area contributed by atoms with E-state index < -0.39 is 6.04 Å². The molecule has 1 aromatic rings. The van der Waals surface area contributed by atoms with E-state index in [4.69, 9.17) is 10.5 Å². The van der Waals surface area contributed by atoms with Gasteiger partial charge in [-0.25, -0.2) is 0 Å². The highest BCUT2D eigenvalue weighted by atomic mass is 35.5. The van der Waals surface area contributed by atoms with E-state index in [0.717, 1.165) is 36.3 Å². The largest absolute Gasteiger partial charge is 0.383 e. The number of anilines is 1. The Labute approximate surface area is 112 Å². The highest BCUT2D eigenvalue weighted by Gasteiger charge is 2.23. The Morgan fingerprint density at radius 3 is 3.00 bits per heavy atom. The molecule has 1 aromatic heterocycles. The van der Waals surface area contributed by atoms with Gasteiger partial charge in [0.05, 0.1) is 12.3 Å². The molecule has 2 rings (SSSR count). The molecule has 18 heavy (non-hydrogen) atoms. The number of nitrogens with zero attached hydrogens (tertiary/aromatic N) is 2. The second-order valence-electron chi connectivity index (χ2n) is 4.30. The average molecular weight is 275 g/mol. The minimum atomic E-state index is -0.646. The number of ether oxygens (including phenoxy) is 1. The summed E-state index contributed by atoms with van der Waals surface area (Å²) in [6, 6.07) is -0.646. The number of methoxy groups -OCH3 is 1. The van der Waals surface area contributed by atoms with Crippen LogP contribution >= 0.6 is 12.4 Å². The van der Waals surface area contributed by atoms with E-state index in [1.165, 1.54) is 7.11 Å². The Kier molecular flexibility index (Phi) is 5.13. The second kappa shape index (κ2) is 6.17. The van der Waals surface area contributed by atoms with Crippen molar-refractivity contribution in [3.63, 3.8) is 0 Å². The molecular formula is C11H19ClN4O2. The van der Waals surface area contributed by atoms with Crippen molar-refractivity contribution in [1.29, 1.82) is 0 Å². The van der Waals surface area contributed by atoms with E-state index in [0.29, 0.717) is 0 Å². The van der Waals surface area contributed by atoms with Gasteiger partial charge in [-0.1, -0.05) is 0 Å². The zero-order valence-electron chi connectivity index (χ0n) is 10.6. The molecule has 102 valence electrons. The third-order valence-corrected chi connectivity index (χ3v) is 2.99. The lowest BCUT2D eigenvalue weighted by Crippen LogP contribution is -2.39. The quantitative estimate of drug-likeness (QED) is 0.824. The predicted octanol–water partition coefficient (Wildman–Crippen LogP) is 0.243. The van der Waals surface area contributed by atoms with Gasteiger partial charge < -0.3 is 15.8 Å². The van der Waals surface area contributed by atoms with Crippen LogP contribution in [0.3, 0.4) is 0 Å². The van der Waals surface area contributed by atoms with Gasteiger partial charge in [0.2, 0.25) is 5.91 Å². The smallest absolute Gasteiger partial charge is 0.244 e. The highest BCUT2D eigenvalue weighted by Crippen LogP contribution is 2.27. The zero-order valence-corrected chi connectivity index (χ0v) is 11.4. The summed E-state index contributed by atoms with van der Waals surface area (Å²) in [6.45, 7) is 0.214. The third-order valence-electron chi connectivity index (χ3n) is 2.99. The standard InChI is InChI=1S/C11H18N4O2.ClH/c1-15-10(7-4-3-5-9(7)14-15)13-11(16)8(12)6-17-2;/h8H,3-6,12H2,1-2H3,(H,13,16);1H. The van der Waals surface area contributed by atoms with E-state index in [2.05, 4.69) is 10.4 Å². The Hall–Kier alpha value is -1.11. The van der Waals surface area contributed by atoms with Crippen molar-refractivity contribution in [2.75, 3.05) is 19.0 Å². The number of amides is 1. The lowest BCUT2D eigenvalue weighted by atomic mass is 10.2. The van der Waals surface area contributed by atoms with Crippen molar-refractivity contribution in [2.45, 2.75) is 25.3 Å². The molecule has 0 saturated carbocycles. The van der Waals surface area contributed by atoms with Crippen LogP contribution in [0.25, 0.3) is 0 Å². The first-order valence-electron chi connectivity index (χ1n) is 5.73. The molecule has 1 atom stereocenters. The lowest BCUT2D eigenvalue weighted by Gasteiger charge is -2.12. The fraction of sp³-hybridized carbons (Fsp3) is 0.636. The Balaban J connectivity index is 0.00000162. The summed E-state index contributed by atoms with van der Waals surface area (Å²) in [7, 11) is 3.35. The summed E-state index contributed by atoms with van der Waals surface area (Å²) in [6.07, 6.45) is 3.06. The SMILES string of the molecule is COCC(N)C(=O)Nc1c2c(nn1C)CCC2.Cl. The van der Waals surface area contributed by atoms with Crippen LogP contribution in [-0.4, -0.2) is 35.4 Å². The number of halogens is 1. The summed E-state index contributed by atoms with van der Waals surface area (Å²) in [5.41, 5.74) is 7.90. The average Bonchev–Trinajstić information content (AvgIpc) is 2.82. The molecule has 0 radical (unpaired) electrons. The molecule has 0 bridgehead atoms. The van der Waals surface area contributed by atoms with Gasteiger partial charge in [-0.3, -0.25) is 9.48 Å². The van der Waals surface area contributed by atoms with Gasteiger partial charge in [-0.15, -0.1) is 12.4 Å². The van der Waals surface area contributed by atoms with Crippen LogP contribution in [0, 0.1) is 0 Å². The van der Waals surface area contributed by atoms with E-state index >= 15 is 0 Å². The van der Waals surface area contributed by atoms with E-state index in [1.807, 2.05) is 7.05 Å². The van der Waals surface area contributed by atoms with Gasteiger partial charge in [-0.2, -0.15) is 5.10 Å². The number of rotatable bonds is 4. The van der Waals surface area contributed by atoms with E-state index in [1.54, 1.807) is 4.68 Å². The normalized spacial score (nSPS) is 14.8. The van der Waals surface area contributed by atoms with Gasteiger partial charge in [0.25, 0.3) is 0 Å². The third kappa shape index (κ3) is 2.82. The number of carbonyl (C=O) groups is 1. The van der Waals surface area contributed by atoms with Crippen LogP contribution in [0.15, 0.2) is 0 Å². The van der Waals surface area contributed by atoms with Crippen molar-refractivity contribution in [2.24, 2.45) is 12.8 Å². The summed E-state index contributed by atoms with van der Waals surface area (Å²) in [4.78, 5) is 11.8. The van der Waals surface area contributed by atoms with Crippen LogP contribution in [0.2, 0.25) is 0 Å². The monoisotopic (exact) mass is 274 g/mol. The summed E-state index contributed by atoms with van der Waals surface area (Å²) in [5.74, 6) is 0.540. The van der Waals surface area contributed by atoms with Crippen LogP contribution in [0.5, 0.6) is 0 Å². The predicted molar refractivity (Wildman–Crippen MR) is 71.0 cm³/mol. The van der Waals surface area contributed by atoms with Crippen molar-refractivity contribution in [3.8, 4) is 0 Å². The Bertz CT molecular complexity index is 433. The van der Waals surface area contributed by atoms with Crippen LogP contribution < -0.4 is 11.1 Å². The second-order valence-corrected chi connectivity index (χ2v) is 4.30. The number of nitrogens with two attached hydrogens (primary N) is 1. The maximum absolute atomic E-state index is 11.8. The number of hydrogen-bond acceptors (Lipinski definition) is 4. The first-order chi connectivity index (χ1) is 8.13. The molecule has 1 unspecified atom stereocenters. The molecule has 1 aliphatic carbocycles.